The van der Waals surface area contributed by atoms with Gasteiger partial charge in [0.25, 0.3) is 5.56 Å². The summed E-state index contributed by atoms with van der Waals surface area (Å²) in [5.41, 5.74) is -0.194. The highest BCUT2D eigenvalue weighted by Crippen LogP contribution is 2.34. The Morgan fingerprint density at radius 3 is 2.33 bits per heavy atom. The molecule has 0 atom stereocenters. The van der Waals surface area contributed by atoms with Crippen LogP contribution in [0.5, 0.6) is 5.75 Å². The van der Waals surface area contributed by atoms with Gasteiger partial charge in [-0.05, 0) is 31.4 Å². The highest BCUT2D eigenvalue weighted by atomic mass is 35.5. The molecule has 0 saturated carbocycles. The number of hydrogen-bond acceptors (Lipinski definition) is 4. The van der Waals surface area contributed by atoms with Gasteiger partial charge in [-0.15, -0.1) is 0 Å². The normalized spacial score (nSPS) is 11.2. The highest BCUT2D eigenvalue weighted by Gasteiger charge is 2.26. The standard InChI is InChI=1S/C20H25Cl2NO4/c1-5-7-8-27-18-13-9-15(21)16(22)10-14(13)19(24)23(11-12(3)4)17(18)20(25)26-6-2/h9-10,12H,5-8,11H2,1-4H3. The molecule has 0 N–H and O–H groups in total. The van der Waals surface area contributed by atoms with E-state index in [0.29, 0.717) is 34.7 Å². The summed E-state index contributed by atoms with van der Waals surface area (Å²) in [5.74, 6) is -0.134. The quantitative estimate of drug-likeness (QED) is 0.433. The molecule has 7 heteroatoms. The van der Waals surface area contributed by atoms with Crippen molar-refractivity contribution < 1.29 is 14.3 Å². The molecule has 0 amide bonds. The minimum absolute atomic E-state index is 0.123. The molecule has 0 fully saturated rings. The fourth-order valence-corrected chi connectivity index (χ4v) is 3.14. The van der Waals surface area contributed by atoms with E-state index in [4.69, 9.17) is 32.7 Å². The van der Waals surface area contributed by atoms with Gasteiger partial charge in [-0.1, -0.05) is 50.4 Å². The number of halogens is 2. The zero-order chi connectivity index (χ0) is 20.1. The van der Waals surface area contributed by atoms with E-state index in [1.165, 1.54) is 10.6 Å². The summed E-state index contributed by atoms with van der Waals surface area (Å²) < 4.78 is 12.6. The number of nitrogens with zero attached hydrogens (tertiary/aromatic N) is 1. The van der Waals surface area contributed by atoms with Crippen LogP contribution in [0.2, 0.25) is 10.0 Å². The van der Waals surface area contributed by atoms with Gasteiger partial charge in [0.2, 0.25) is 0 Å². The lowest BCUT2D eigenvalue weighted by atomic mass is 10.1. The number of pyridine rings is 1. The van der Waals surface area contributed by atoms with E-state index < -0.39 is 5.97 Å². The number of rotatable bonds is 8. The number of carbonyl (C=O) groups is 1. The highest BCUT2D eigenvalue weighted by molar-refractivity contribution is 6.42. The Hall–Kier alpha value is -1.72. The lowest BCUT2D eigenvalue weighted by Gasteiger charge is -2.20. The Kier molecular flexibility index (Phi) is 7.57. The number of aromatic nitrogens is 1. The summed E-state index contributed by atoms with van der Waals surface area (Å²) in [6.07, 6.45) is 1.75. The maximum atomic E-state index is 13.1. The van der Waals surface area contributed by atoms with Crippen LogP contribution in [0.15, 0.2) is 16.9 Å². The summed E-state index contributed by atoms with van der Waals surface area (Å²) in [6, 6.07) is 3.10. The van der Waals surface area contributed by atoms with Crippen LogP contribution >= 0.6 is 23.2 Å². The molecule has 0 aliphatic heterocycles. The van der Waals surface area contributed by atoms with Crippen molar-refractivity contribution >= 4 is 39.9 Å². The van der Waals surface area contributed by atoms with E-state index in [9.17, 15) is 9.59 Å². The first-order valence-corrected chi connectivity index (χ1v) is 9.92. The predicted octanol–water partition coefficient (Wildman–Crippen LogP) is 5.32. The second kappa shape index (κ2) is 9.47. The molecule has 2 rings (SSSR count). The largest absolute Gasteiger partial charge is 0.490 e. The summed E-state index contributed by atoms with van der Waals surface area (Å²) in [4.78, 5) is 25.9. The Balaban J connectivity index is 2.87. The van der Waals surface area contributed by atoms with E-state index in [-0.39, 0.29) is 28.8 Å². The average molecular weight is 414 g/mol. The van der Waals surface area contributed by atoms with Crippen molar-refractivity contribution in [2.45, 2.75) is 47.1 Å². The number of hydrogen-bond donors (Lipinski definition) is 0. The molecule has 2 aromatic rings. The Morgan fingerprint density at radius 2 is 1.78 bits per heavy atom. The first kappa shape index (κ1) is 21.6. The van der Waals surface area contributed by atoms with Crippen molar-refractivity contribution in [3.05, 3.63) is 38.2 Å². The average Bonchev–Trinajstić information content (AvgIpc) is 2.60. The van der Waals surface area contributed by atoms with Gasteiger partial charge >= 0.3 is 5.97 Å². The van der Waals surface area contributed by atoms with Crippen LogP contribution in [0.3, 0.4) is 0 Å². The number of benzene rings is 1. The van der Waals surface area contributed by atoms with E-state index in [0.717, 1.165) is 12.8 Å². The molecule has 1 aromatic carbocycles. The van der Waals surface area contributed by atoms with Crippen LogP contribution < -0.4 is 10.3 Å². The molecule has 1 heterocycles. The third-order valence-electron chi connectivity index (χ3n) is 4.03. The van der Waals surface area contributed by atoms with E-state index in [2.05, 4.69) is 0 Å². The Labute approximate surface area is 169 Å². The number of carbonyl (C=O) groups excluding carboxylic acids is 1. The van der Waals surface area contributed by atoms with Gasteiger partial charge in [0.15, 0.2) is 11.4 Å². The van der Waals surface area contributed by atoms with Gasteiger partial charge in [0.05, 0.1) is 28.6 Å². The third kappa shape index (κ3) is 4.77. The smallest absolute Gasteiger partial charge is 0.358 e. The summed E-state index contributed by atoms with van der Waals surface area (Å²) in [5, 5.41) is 1.40. The van der Waals surface area contributed by atoms with Gasteiger partial charge in [-0.25, -0.2) is 4.79 Å². The summed E-state index contributed by atoms with van der Waals surface area (Å²) in [7, 11) is 0. The van der Waals surface area contributed by atoms with E-state index in [1.807, 2.05) is 20.8 Å². The van der Waals surface area contributed by atoms with Crippen molar-refractivity contribution in [3.8, 4) is 5.75 Å². The molecule has 0 radical (unpaired) electrons. The lowest BCUT2D eigenvalue weighted by Crippen LogP contribution is -2.30. The van der Waals surface area contributed by atoms with Gasteiger partial charge in [-0.2, -0.15) is 0 Å². The van der Waals surface area contributed by atoms with Crippen LogP contribution in [0.4, 0.5) is 0 Å². The van der Waals surface area contributed by atoms with Gasteiger partial charge in [-0.3, -0.25) is 9.36 Å². The van der Waals surface area contributed by atoms with Crippen molar-refractivity contribution in [2.75, 3.05) is 13.2 Å². The van der Waals surface area contributed by atoms with Crippen molar-refractivity contribution in [3.63, 3.8) is 0 Å². The van der Waals surface area contributed by atoms with Crippen LogP contribution in [0, 0.1) is 5.92 Å². The minimum atomic E-state index is -0.588. The van der Waals surface area contributed by atoms with Crippen molar-refractivity contribution in [1.29, 1.82) is 0 Å². The maximum Gasteiger partial charge on any atom is 0.358 e. The second-order valence-corrected chi connectivity index (χ2v) is 7.54. The van der Waals surface area contributed by atoms with Gasteiger partial charge in [0.1, 0.15) is 0 Å². The molecule has 0 spiro atoms. The number of fused-ring (bicyclic) bond motifs is 1. The van der Waals surface area contributed by atoms with Crippen LogP contribution in [-0.4, -0.2) is 23.8 Å². The van der Waals surface area contributed by atoms with Crippen LogP contribution in [0.25, 0.3) is 10.8 Å². The number of ether oxygens (including phenoxy) is 2. The fourth-order valence-electron chi connectivity index (χ4n) is 2.82. The molecule has 5 nitrogen and oxygen atoms in total. The Morgan fingerprint density at radius 1 is 1.15 bits per heavy atom. The topological polar surface area (TPSA) is 57.5 Å². The minimum Gasteiger partial charge on any atom is -0.490 e. The van der Waals surface area contributed by atoms with Crippen molar-refractivity contribution in [1.82, 2.24) is 4.57 Å². The molecule has 27 heavy (non-hydrogen) atoms. The molecule has 0 saturated heterocycles. The molecule has 0 bridgehead atoms. The Bertz CT molecular complexity index is 890. The zero-order valence-electron chi connectivity index (χ0n) is 16.1. The second-order valence-electron chi connectivity index (χ2n) is 6.72. The molecule has 0 unspecified atom stereocenters. The van der Waals surface area contributed by atoms with Crippen molar-refractivity contribution in [2.24, 2.45) is 5.92 Å². The molecule has 148 valence electrons. The third-order valence-corrected chi connectivity index (χ3v) is 4.75. The summed E-state index contributed by atoms with van der Waals surface area (Å²) in [6.45, 7) is 8.67. The summed E-state index contributed by atoms with van der Waals surface area (Å²) >= 11 is 12.3. The van der Waals surface area contributed by atoms with Gasteiger partial charge in [0, 0.05) is 11.9 Å². The molecule has 0 aliphatic carbocycles. The molecule has 0 aliphatic rings. The first-order valence-electron chi connectivity index (χ1n) is 9.17. The van der Waals surface area contributed by atoms with Crippen LogP contribution in [0.1, 0.15) is 51.0 Å². The van der Waals surface area contributed by atoms with E-state index in [1.54, 1.807) is 13.0 Å². The fraction of sp³-hybridized carbons (Fsp3) is 0.500. The van der Waals surface area contributed by atoms with Crippen LogP contribution in [-0.2, 0) is 11.3 Å². The lowest BCUT2D eigenvalue weighted by molar-refractivity contribution is 0.0505. The SMILES string of the molecule is CCCCOc1c(C(=O)OCC)n(CC(C)C)c(=O)c2cc(Cl)c(Cl)cc12. The van der Waals surface area contributed by atoms with E-state index >= 15 is 0 Å². The number of unbranched alkanes of at least 4 members (excludes halogenated alkanes) is 1. The molecular formula is C20H25Cl2NO4. The monoisotopic (exact) mass is 413 g/mol. The maximum absolute atomic E-state index is 13.1. The number of esters is 1. The predicted molar refractivity (Wildman–Crippen MR) is 109 cm³/mol. The van der Waals surface area contributed by atoms with Gasteiger partial charge < -0.3 is 9.47 Å². The zero-order valence-corrected chi connectivity index (χ0v) is 17.6. The molecule has 1 aromatic heterocycles. The molecular weight excluding hydrogens is 389 g/mol. The first-order chi connectivity index (χ1) is 12.8.